The van der Waals surface area contributed by atoms with Crippen LogP contribution in [-0.4, -0.2) is 16.7 Å². The van der Waals surface area contributed by atoms with Crippen LogP contribution in [-0.2, 0) is 0 Å². The fraction of sp³-hybridized carbons (Fsp3) is 0.294. The van der Waals surface area contributed by atoms with E-state index in [2.05, 4.69) is 41.3 Å². The van der Waals surface area contributed by atoms with E-state index in [1.54, 1.807) is 0 Å². The quantitative estimate of drug-likeness (QED) is 0.774. The normalized spacial score (nSPS) is 12.7. The van der Waals surface area contributed by atoms with Gasteiger partial charge in [-0.3, -0.25) is 0 Å². The van der Waals surface area contributed by atoms with Crippen LogP contribution in [0.1, 0.15) is 31.6 Å². The number of hydrogen-bond acceptors (Lipinski definition) is 4. The minimum Gasteiger partial charge on any atom is -0.339 e. The molecule has 0 aliphatic carbocycles. The van der Waals surface area contributed by atoms with Crippen molar-refractivity contribution in [2.45, 2.75) is 25.7 Å². The van der Waals surface area contributed by atoms with E-state index in [1.807, 2.05) is 18.2 Å². The number of rotatable bonds is 5. The van der Waals surface area contributed by atoms with Crippen molar-refractivity contribution < 1.29 is 4.52 Å². The van der Waals surface area contributed by atoms with Gasteiger partial charge in [-0.15, -0.1) is 0 Å². The van der Waals surface area contributed by atoms with Gasteiger partial charge in [-0.05, 0) is 23.3 Å². The van der Waals surface area contributed by atoms with Gasteiger partial charge in [-0.1, -0.05) is 54.9 Å². The molecule has 0 aliphatic heterocycles. The van der Waals surface area contributed by atoms with Gasteiger partial charge in [0.15, 0.2) is 0 Å². The van der Waals surface area contributed by atoms with E-state index in [0.29, 0.717) is 18.3 Å². The summed E-state index contributed by atoms with van der Waals surface area (Å²) >= 11 is 0. The van der Waals surface area contributed by atoms with Crippen molar-refractivity contribution in [3.8, 4) is 11.4 Å². The first kappa shape index (κ1) is 13.8. The van der Waals surface area contributed by atoms with Crippen LogP contribution in [0.3, 0.4) is 0 Å². The van der Waals surface area contributed by atoms with E-state index in [1.165, 1.54) is 10.8 Å². The van der Waals surface area contributed by atoms with Gasteiger partial charge in [-0.25, -0.2) is 0 Å². The molecule has 0 saturated carbocycles. The summed E-state index contributed by atoms with van der Waals surface area (Å²) in [5, 5.41) is 6.48. The molecule has 108 valence electrons. The Morgan fingerprint density at radius 2 is 1.95 bits per heavy atom. The highest BCUT2D eigenvalue weighted by molar-refractivity contribution is 5.86. The van der Waals surface area contributed by atoms with Gasteiger partial charge < -0.3 is 10.3 Å². The summed E-state index contributed by atoms with van der Waals surface area (Å²) in [6.45, 7) is 2.66. The fourth-order valence-corrected chi connectivity index (χ4v) is 2.54. The largest absolute Gasteiger partial charge is 0.339 e. The lowest BCUT2D eigenvalue weighted by Crippen LogP contribution is -2.12. The first-order chi connectivity index (χ1) is 10.3. The van der Waals surface area contributed by atoms with Gasteiger partial charge in [0.25, 0.3) is 0 Å². The molecule has 21 heavy (non-hydrogen) atoms. The second kappa shape index (κ2) is 6.06. The Hall–Kier alpha value is -2.20. The summed E-state index contributed by atoms with van der Waals surface area (Å²) in [5.41, 5.74) is 6.75. The van der Waals surface area contributed by atoms with E-state index in [0.717, 1.165) is 18.4 Å². The van der Waals surface area contributed by atoms with Gasteiger partial charge in [0.1, 0.15) is 0 Å². The van der Waals surface area contributed by atoms with Crippen LogP contribution >= 0.6 is 0 Å². The zero-order chi connectivity index (χ0) is 14.7. The lowest BCUT2D eigenvalue weighted by Gasteiger charge is -2.06. The molecule has 0 bridgehead atoms. The van der Waals surface area contributed by atoms with Crippen LogP contribution < -0.4 is 5.73 Å². The molecule has 3 aromatic rings. The zero-order valence-electron chi connectivity index (χ0n) is 12.1. The van der Waals surface area contributed by atoms with Crippen molar-refractivity contribution in [2.24, 2.45) is 5.73 Å². The number of aromatic nitrogens is 2. The molecule has 0 spiro atoms. The molecule has 0 saturated heterocycles. The zero-order valence-corrected chi connectivity index (χ0v) is 12.1. The monoisotopic (exact) mass is 281 g/mol. The standard InChI is InChI=1S/C17H19N3O/c1-2-5-15(11-18)17-19-16(20-21-17)14-9-8-12-6-3-4-7-13(12)10-14/h3-4,6-10,15H,2,5,11,18H2,1H3. The van der Waals surface area contributed by atoms with Gasteiger partial charge in [0, 0.05) is 12.1 Å². The first-order valence-corrected chi connectivity index (χ1v) is 7.34. The third kappa shape index (κ3) is 2.81. The van der Waals surface area contributed by atoms with Crippen LogP contribution in [0.4, 0.5) is 0 Å². The summed E-state index contributed by atoms with van der Waals surface area (Å²) in [6.07, 6.45) is 2.02. The molecule has 1 aromatic heterocycles. The average Bonchev–Trinajstić information content (AvgIpc) is 3.02. The first-order valence-electron chi connectivity index (χ1n) is 7.34. The van der Waals surface area contributed by atoms with E-state index in [9.17, 15) is 0 Å². The van der Waals surface area contributed by atoms with Crippen LogP contribution in [0, 0.1) is 0 Å². The predicted molar refractivity (Wildman–Crippen MR) is 83.9 cm³/mol. The van der Waals surface area contributed by atoms with Crippen molar-refractivity contribution in [2.75, 3.05) is 6.54 Å². The highest BCUT2D eigenvalue weighted by Crippen LogP contribution is 2.25. The second-order valence-electron chi connectivity index (χ2n) is 5.24. The number of nitrogens with zero attached hydrogens (tertiary/aromatic N) is 2. The molecule has 4 heteroatoms. The van der Waals surface area contributed by atoms with Crippen LogP contribution in [0.25, 0.3) is 22.2 Å². The minimum absolute atomic E-state index is 0.150. The molecule has 0 fully saturated rings. The number of benzene rings is 2. The van der Waals surface area contributed by atoms with E-state index in [4.69, 9.17) is 10.3 Å². The predicted octanol–water partition coefficient (Wildman–Crippen LogP) is 3.73. The van der Waals surface area contributed by atoms with E-state index in [-0.39, 0.29) is 5.92 Å². The molecule has 4 nitrogen and oxygen atoms in total. The lowest BCUT2D eigenvalue weighted by atomic mass is 10.0. The summed E-state index contributed by atoms with van der Waals surface area (Å²) in [5.74, 6) is 1.42. The maximum absolute atomic E-state index is 5.79. The molecule has 1 heterocycles. The van der Waals surface area contributed by atoms with Gasteiger partial charge in [0.05, 0.1) is 5.92 Å². The fourth-order valence-electron chi connectivity index (χ4n) is 2.54. The molecule has 1 unspecified atom stereocenters. The average molecular weight is 281 g/mol. The topological polar surface area (TPSA) is 64.9 Å². The Morgan fingerprint density at radius 1 is 1.14 bits per heavy atom. The molecular formula is C17H19N3O. The second-order valence-corrected chi connectivity index (χ2v) is 5.24. The number of hydrogen-bond donors (Lipinski definition) is 1. The maximum Gasteiger partial charge on any atom is 0.231 e. The third-order valence-electron chi connectivity index (χ3n) is 3.72. The van der Waals surface area contributed by atoms with E-state index < -0.39 is 0 Å². The minimum atomic E-state index is 0.150. The molecule has 3 rings (SSSR count). The summed E-state index contributed by atoms with van der Waals surface area (Å²) < 4.78 is 5.40. The summed E-state index contributed by atoms with van der Waals surface area (Å²) in [6, 6.07) is 14.4. The molecule has 0 aliphatic rings. The van der Waals surface area contributed by atoms with Crippen molar-refractivity contribution >= 4 is 10.8 Å². The van der Waals surface area contributed by atoms with E-state index >= 15 is 0 Å². The highest BCUT2D eigenvalue weighted by Gasteiger charge is 2.17. The molecule has 0 amide bonds. The van der Waals surface area contributed by atoms with Crippen molar-refractivity contribution in [1.29, 1.82) is 0 Å². The van der Waals surface area contributed by atoms with Gasteiger partial charge in [-0.2, -0.15) is 4.98 Å². The molecule has 2 N–H and O–H groups in total. The Balaban J connectivity index is 1.93. The smallest absolute Gasteiger partial charge is 0.231 e. The Morgan fingerprint density at radius 3 is 2.71 bits per heavy atom. The molecular weight excluding hydrogens is 262 g/mol. The Labute approximate surface area is 124 Å². The van der Waals surface area contributed by atoms with Crippen LogP contribution in [0.15, 0.2) is 47.0 Å². The maximum atomic E-state index is 5.79. The Kier molecular flexibility index (Phi) is 3.97. The molecule has 1 atom stereocenters. The third-order valence-corrected chi connectivity index (χ3v) is 3.72. The molecule has 2 aromatic carbocycles. The van der Waals surface area contributed by atoms with Crippen molar-refractivity contribution in [1.82, 2.24) is 10.1 Å². The summed E-state index contributed by atoms with van der Waals surface area (Å²) in [7, 11) is 0. The summed E-state index contributed by atoms with van der Waals surface area (Å²) in [4.78, 5) is 4.52. The SMILES string of the molecule is CCCC(CN)c1nc(-c2ccc3ccccc3c2)no1. The molecule has 0 radical (unpaired) electrons. The number of nitrogens with two attached hydrogens (primary N) is 1. The number of fused-ring (bicyclic) bond motifs is 1. The van der Waals surface area contributed by atoms with Crippen molar-refractivity contribution in [3.63, 3.8) is 0 Å². The van der Waals surface area contributed by atoms with Gasteiger partial charge >= 0.3 is 0 Å². The van der Waals surface area contributed by atoms with Crippen LogP contribution in [0.5, 0.6) is 0 Å². The highest BCUT2D eigenvalue weighted by atomic mass is 16.5. The van der Waals surface area contributed by atoms with Crippen LogP contribution in [0.2, 0.25) is 0 Å². The Bertz CT molecular complexity index is 735. The lowest BCUT2D eigenvalue weighted by molar-refractivity contribution is 0.347. The van der Waals surface area contributed by atoms with Crippen molar-refractivity contribution in [3.05, 3.63) is 48.4 Å². The van der Waals surface area contributed by atoms with Gasteiger partial charge in [0.2, 0.25) is 11.7 Å².